The van der Waals surface area contributed by atoms with Crippen molar-refractivity contribution in [2.45, 2.75) is 32.9 Å². The van der Waals surface area contributed by atoms with Crippen molar-refractivity contribution in [3.8, 4) is 0 Å². The van der Waals surface area contributed by atoms with E-state index in [0.717, 1.165) is 4.90 Å². The molecule has 0 fully saturated rings. The molecule has 0 unspecified atom stereocenters. The molecule has 23 heavy (non-hydrogen) atoms. The molecule has 7 heteroatoms. The Morgan fingerprint density at radius 3 is 1.91 bits per heavy atom. The van der Waals surface area contributed by atoms with Crippen molar-refractivity contribution in [3.05, 3.63) is 35.4 Å². The highest BCUT2D eigenvalue weighted by Crippen LogP contribution is 2.27. The molecular weight excluding hydrogens is 300 g/mol. The summed E-state index contributed by atoms with van der Waals surface area (Å²) in [6.07, 6.45) is -1.14. The number of carbonyl (C=O) groups excluding carboxylic acids is 4. The number of fused-ring (bicyclic) bond motifs is 1. The highest BCUT2D eigenvalue weighted by molar-refractivity contribution is 6.22. The van der Waals surface area contributed by atoms with Crippen molar-refractivity contribution in [3.63, 3.8) is 0 Å². The Hall–Kier alpha value is -2.70. The number of rotatable bonds is 5. The minimum Gasteiger partial charge on any atom is -0.451 e. The van der Waals surface area contributed by atoms with Gasteiger partial charge in [-0.25, -0.2) is 4.79 Å². The van der Waals surface area contributed by atoms with Crippen LogP contribution in [-0.4, -0.2) is 40.7 Å². The van der Waals surface area contributed by atoms with Crippen LogP contribution in [0.3, 0.4) is 0 Å². The van der Waals surface area contributed by atoms with E-state index in [2.05, 4.69) is 0 Å². The lowest BCUT2D eigenvalue weighted by Crippen LogP contribution is -2.50. The van der Waals surface area contributed by atoms with Gasteiger partial charge in [0.15, 0.2) is 6.10 Å². The van der Waals surface area contributed by atoms with Gasteiger partial charge in [-0.05, 0) is 25.0 Å². The Bertz CT molecular complexity index is 648. The van der Waals surface area contributed by atoms with Crippen LogP contribution in [0.15, 0.2) is 24.3 Å². The number of hydrogen-bond donors (Lipinski definition) is 1. The third kappa shape index (κ3) is 2.94. The normalized spacial score (nSPS) is 16.3. The Morgan fingerprint density at radius 2 is 1.52 bits per heavy atom. The van der Waals surface area contributed by atoms with Crippen LogP contribution < -0.4 is 5.73 Å². The summed E-state index contributed by atoms with van der Waals surface area (Å²) in [5.41, 5.74) is 5.57. The number of hydrogen-bond acceptors (Lipinski definition) is 5. The molecule has 1 aliphatic heterocycles. The van der Waals surface area contributed by atoms with Gasteiger partial charge in [-0.3, -0.25) is 19.3 Å². The van der Waals surface area contributed by atoms with Gasteiger partial charge < -0.3 is 10.5 Å². The maximum atomic E-state index is 12.5. The van der Waals surface area contributed by atoms with Crippen molar-refractivity contribution in [2.75, 3.05) is 0 Å². The van der Waals surface area contributed by atoms with Crippen LogP contribution >= 0.6 is 0 Å². The second kappa shape index (κ2) is 6.20. The van der Waals surface area contributed by atoms with E-state index in [-0.39, 0.29) is 17.0 Å². The number of imide groups is 1. The lowest BCUT2D eigenvalue weighted by Gasteiger charge is -2.28. The highest BCUT2D eigenvalue weighted by Gasteiger charge is 2.45. The SMILES string of the molecule is CC(C)[C@@H](C(=O)O[C@H](C)C(N)=O)N1C(=O)c2ccccc2C1=O. The van der Waals surface area contributed by atoms with E-state index in [9.17, 15) is 19.2 Å². The average molecular weight is 318 g/mol. The molecular formula is C16H18N2O5. The predicted molar refractivity (Wildman–Crippen MR) is 80.3 cm³/mol. The van der Waals surface area contributed by atoms with E-state index in [1.807, 2.05) is 0 Å². The van der Waals surface area contributed by atoms with Gasteiger partial charge in [-0.15, -0.1) is 0 Å². The number of carbonyl (C=O) groups is 4. The zero-order chi connectivity index (χ0) is 17.3. The predicted octanol–water partition coefficient (Wildman–Crippen LogP) is 0.724. The van der Waals surface area contributed by atoms with Gasteiger partial charge in [0.1, 0.15) is 6.04 Å². The molecule has 2 N–H and O–H groups in total. The minimum absolute atomic E-state index is 0.249. The van der Waals surface area contributed by atoms with Crippen molar-refractivity contribution >= 4 is 23.7 Å². The maximum absolute atomic E-state index is 12.5. The first kappa shape index (κ1) is 16.7. The topological polar surface area (TPSA) is 107 Å². The van der Waals surface area contributed by atoms with Crippen molar-refractivity contribution in [2.24, 2.45) is 11.7 Å². The van der Waals surface area contributed by atoms with Gasteiger partial charge in [0.2, 0.25) is 0 Å². The summed E-state index contributed by atoms with van der Waals surface area (Å²) < 4.78 is 4.98. The number of esters is 1. The van der Waals surface area contributed by atoms with Crippen molar-refractivity contribution in [1.29, 1.82) is 0 Å². The van der Waals surface area contributed by atoms with E-state index in [1.165, 1.54) is 19.1 Å². The zero-order valence-electron chi connectivity index (χ0n) is 13.1. The molecule has 1 aliphatic rings. The molecule has 7 nitrogen and oxygen atoms in total. The van der Waals surface area contributed by atoms with E-state index in [1.54, 1.807) is 26.0 Å². The van der Waals surface area contributed by atoms with Crippen LogP contribution in [0.2, 0.25) is 0 Å². The lowest BCUT2D eigenvalue weighted by molar-refractivity contribution is -0.158. The van der Waals surface area contributed by atoms with Crippen molar-refractivity contribution < 1.29 is 23.9 Å². The number of nitrogens with two attached hydrogens (primary N) is 1. The zero-order valence-corrected chi connectivity index (χ0v) is 13.1. The third-order valence-electron chi connectivity index (χ3n) is 3.67. The van der Waals surface area contributed by atoms with E-state index in [4.69, 9.17) is 10.5 Å². The van der Waals surface area contributed by atoms with Crippen LogP contribution in [0.1, 0.15) is 41.5 Å². The van der Waals surface area contributed by atoms with Gasteiger partial charge >= 0.3 is 5.97 Å². The minimum atomic E-state index is -1.14. The smallest absolute Gasteiger partial charge is 0.330 e. The summed E-state index contributed by atoms with van der Waals surface area (Å²) in [7, 11) is 0. The van der Waals surface area contributed by atoms with Crippen molar-refractivity contribution in [1.82, 2.24) is 4.90 Å². The number of primary amides is 1. The molecule has 0 spiro atoms. The molecule has 0 aliphatic carbocycles. The number of benzene rings is 1. The van der Waals surface area contributed by atoms with Crippen LogP contribution in [0, 0.1) is 5.92 Å². The van der Waals surface area contributed by atoms with E-state index in [0.29, 0.717) is 0 Å². The fraction of sp³-hybridized carbons (Fsp3) is 0.375. The first-order chi connectivity index (χ1) is 10.8. The molecule has 0 aromatic heterocycles. The molecule has 1 heterocycles. The Morgan fingerprint density at radius 1 is 1.04 bits per heavy atom. The van der Waals surface area contributed by atoms with Crippen LogP contribution in [-0.2, 0) is 14.3 Å². The fourth-order valence-corrected chi connectivity index (χ4v) is 2.44. The molecule has 122 valence electrons. The summed E-state index contributed by atoms with van der Waals surface area (Å²) in [6.45, 7) is 4.70. The van der Waals surface area contributed by atoms with Crippen LogP contribution in [0.5, 0.6) is 0 Å². The maximum Gasteiger partial charge on any atom is 0.330 e. The Balaban J connectivity index is 2.33. The van der Waals surface area contributed by atoms with E-state index < -0.39 is 35.8 Å². The Kier molecular flexibility index (Phi) is 4.49. The molecule has 0 radical (unpaired) electrons. The first-order valence-corrected chi connectivity index (χ1v) is 7.22. The molecule has 3 amide bonds. The van der Waals surface area contributed by atoms with Gasteiger partial charge in [0.05, 0.1) is 11.1 Å². The van der Waals surface area contributed by atoms with Gasteiger partial charge in [0, 0.05) is 0 Å². The molecule has 0 saturated heterocycles. The van der Waals surface area contributed by atoms with E-state index >= 15 is 0 Å². The number of nitrogens with zero attached hydrogens (tertiary/aromatic N) is 1. The second-order valence-electron chi connectivity index (χ2n) is 5.70. The summed E-state index contributed by atoms with van der Waals surface area (Å²) >= 11 is 0. The first-order valence-electron chi connectivity index (χ1n) is 7.22. The van der Waals surface area contributed by atoms with Crippen LogP contribution in [0.4, 0.5) is 0 Å². The average Bonchev–Trinajstić information content (AvgIpc) is 2.73. The third-order valence-corrected chi connectivity index (χ3v) is 3.67. The second-order valence-corrected chi connectivity index (χ2v) is 5.70. The van der Waals surface area contributed by atoms with Gasteiger partial charge in [-0.1, -0.05) is 26.0 Å². The molecule has 2 atom stereocenters. The standard InChI is InChI=1S/C16H18N2O5/c1-8(2)12(16(22)23-9(3)13(17)19)18-14(20)10-6-4-5-7-11(10)15(18)21/h4-9,12H,1-3H3,(H2,17,19)/t9-,12+/m1/s1. The number of amides is 3. The molecule has 2 rings (SSSR count). The molecule has 1 aromatic carbocycles. The lowest BCUT2D eigenvalue weighted by atomic mass is 10.0. The van der Waals surface area contributed by atoms with Crippen LogP contribution in [0.25, 0.3) is 0 Å². The molecule has 0 bridgehead atoms. The summed E-state index contributed by atoms with van der Waals surface area (Å²) in [5, 5.41) is 0. The van der Waals surface area contributed by atoms with Gasteiger partial charge in [-0.2, -0.15) is 0 Å². The molecule has 0 saturated carbocycles. The Labute approximate surface area is 133 Å². The summed E-state index contributed by atoms with van der Waals surface area (Å²) in [4.78, 5) is 49.3. The molecule has 1 aromatic rings. The monoisotopic (exact) mass is 318 g/mol. The van der Waals surface area contributed by atoms with Gasteiger partial charge in [0.25, 0.3) is 17.7 Å². The summed E-state index contributed by atoms with van der Waals surface area (Å²) in [6, 6.07) is 5.23. The summed E-state index contributed by atoms with van der Waals surface area (Å²) in [5.74, 6) is -3.12. The fourth-order valence-electron chi connectivity index (χ4n) is 2.44. The quantitative estimate of drug-likeness (QED) is 0.636. The highest BCUT2D eigenvalue weighted by atomic mass is 16.5. The number of ether oxygens (including phenoxy) is 1. The largest absolute Gasteiger partial charge is 0.451 e.